The van der Waals surface area contributed by atoms with Crippen molar-refractivity contribution in [1.82, 2.24) is 20.1 Å². The third-order valence-electron chi connectivity index (χ3n) is 4.52. The molecule has 1 aromatic carbocycles. The Labute approximate surface area is 222 Å². The van der Waals surface area contributed by atoms with Crippen LogP contribution in [-0.2, 0) is 0 Å². The number of hydrogen-bond acceptors (Lipinski definition) is 6. The first-order chi connectivity index (χ1) is 16.9. The summed E-state index contributed by atoms with van der Waals surface area (Å²) in [4.78, 5) is 30.4. The number of halogens is 3. The van der Waals surface area contributed by atoms with Crippen LogP contribution >= 0.6 is 50.5 Å². The highest BCUT2D eigenvalue weighted by Crippen LogP contribution is 2.32. The Kier molecular flexibility index (Phi) is 7.86. The molecular weight excluding hydrogens is 577 g/mol. The maximum Gasteiger partial charge on any atom is 0.274 e. The average molecular weight is 593 g/mol. The van der Waals surface area contributed by atoms with E-state index < -0.39 is 11.8 Å². The van der Waals surface area contributed by atoms with Crippen molar-refractivity contribution in [3.05, 3.63) is 91.8 Å². The van der Waals surface area contributed by atoms with Gasteiger partial charge in [0.25, 0.3) is 11.8 Å². The zero-order chi connectivity index (χ0) is 24.9. The highest BCUT2D eigenvalue weighted by Gasteiger charge is 2.24. The van der Waals surface area contributed by atoms with E-state index in [1.54, 1.807) is 35.7 Å². The van der Waals surface area contributed by atoms with Gasteiger partial charge in [-0.1, -0.05) is 29.3 Å². The lowest BCUT2D eigenvalue weighted by molar-refractivity contribution is 0.0959. The van der Waals surface area contributed by atoms with Gasteiger partial charge in [0, 0.05) is 33.7 Å². The lowest BCUT2D eigenvalue weighted by Crippen LogP contribution is -2.26. The fraction of sp³-hybridized carbons (Fsp3) is 0.0435. The number of carbonyl (C=O) groups is 2. The summed E-state index contributed by atoms with van der Waals surface area (Å²) in [6.07, 6.45) is 3.07. The van der Waals surface area contributed by atoms with Crippen LogP contribution in [-0.4, -0.2) is 33.1 Å². The SMILES string of the molecule is C=CCNC(=O)c1cc(Cl)cc(Br)c1NC(=O)c1cc(Oc2ccsc2)nn1-c1ncccc1Cl. The lowest BCUT2D eigenvalue weighted by Gasteiger charge is -2.14. The Hall–Kier alpha value is -3.18. The second-order valence-corrected chi connectivity index (χ2v) is 9.39. The van der Waals surface area contributed by atoms with Gasteiger partial charge in [-0.15, -0.1) is 23.0 Å². The zero-order valence-corrected chi connectivity index (χ0v) is 21.7. The standard InChI is InChI=1S/C23H16BrCl2N5O3S/c1-2-6-28-22(32)15-9-13(25)10-16(24)20(15)29-23(33)18-11-19(34-14-5-8-35-12-14)30-31(18)21-17(26)4-3-7-27-21/h2-5,7-12H,1,6H2,(H,28,32)(H,29,33). The van der Waals surface area contributed by atoms with Crippen molar-refractivity contribution < 1.29 is 14.3 Å². The number of carbonyl (C=O) groups excluding carboxylic acids is 2. The molecule has 2 amide bonds. The molecule has 0 saturated heterocycles. The van der Waals surface area contributed by atoms with Gasteiger partial charge < -0.3 is 15.4 Å². The van der Waals surface area contributed by atoms with Crippen molar-refractivity contribution in [2.45, 2.75) is 0 Å². The molecule has 3 aromatic heterocycles. The first-order valence-corrected chi connectivity index (χ1v) is 12.5. The Morgan fingerprint density at radius 2 is 2.06 bits per heavy atom. The normalized spacial score (nSPS) is 10.6. The number of ether oxygens (including phenoxy) is 1. The first kappa shape index (κ1) is 24.9. The number of pyridine rings is 1. The number of rotatable bonds is 8. The number of hydrogen-bond donors (Lipinski definition) is 2. The van der Waals surface area contributed by atoms with E-state index in [1.165, 1.54) is 34.3 Å². The third kappa shape index (κ3) is 5.73. The molecule has 2 N–H and O–H groups in total. The van der Waals surface area contributed by atoms with Gasteiger partial charge >= 0.3 is 0 Å². The van der Waals surface area contributed by atoms with Crippen molar-refractivity contribution >= 4 is 68.0 Å². The minimum Gasteiger partial charge on any atom is -0.437 e. The van der Waals surface area contributed by atoms with Crippen LogP contribution in [0.2, 0.25) is 10.0 Å². The van der Waals surface area contributed by atoms with E-state index in [0.29, 0.717) is 15.2 Å². The number of nitrogens with one attached hydrogen (secondary N) is 2. The molecule has 3 heterocycles. The van der Waals surface area contributed by atoms with Gasteiger partial charge in [0.1, 0.15) is 11.4 Å². The van der Waals surface area contributed by atoms with Gasteiger partial charge in [-0.2, -0.15) is 0 Å². The molecular formula is C23H16BrCl2N5O3S. The van der Waals surface area contributed by atoms with Crippen LogP contribution in [0.3, 0.4) is 0 Å². The molecule has 0 aliphatic rings. The van der Waals surface area contributed by atoms with Crippen LogP contribution in [0.25, 0.3) is 5.82 Å². The van der Waals surface area contributed by atoms with Gasteiger partial charge in [0.2, 0.25) is 5.88 Å². The van der Waals surface area contributed by atoms with Crippen LogP contribution in [0, 0.1) is 0 Å². The van der Waals surface area contributed by atoms with Crippen LogP contribution in [0.4, 0.5) is 5.69 Å². The molecule has 4 aromatic rings. The maximum absolute atomic E-state index is 13.5. The second kappa shape index (κ2) is 11.0. The van der Waals surface area contributed by atoms with Gasteiger partial charge in [0.15, 0.2) is 5.82 Å². The molecule has 0 unspecified atom stereocenters. The summed E-state index contributed by atoms with van der Waals surface area (Å²) in [7, 11) is 0. The fourth-order valence-electron chi connectivity index (χ4n) is 3.01. The molecule has 0 aliphatic heterocycles. The summed E-state index contributed by atoms with van der Waals surface area (Å²) in [5, 5.41) is 14.1. The molecule has 0 atom stereocenters. The molecule has 0 spiro atoms. The summed E-state index contributed by atoms with van der Waals surface area (Å²) in [5.41, 5.74) is 0.465. The van der Waals surface area contributed by atoms with Crippen LogP contribution in [0.1, 0.15) is 20.8 Å². The second-order valence-electron chi connectivity index (χ2n) is 6.91. The monoisotopic (exact) mass is 591 g/mol. The van der Waals surface area contributed by atoms with E-state index in [9.17, 15) is 9.59 Å². The maximum atomic E-state index is 13.5. The Bertz CT molecular complexity index is 1410. The zero-order valence-electron chi connectivity index (χ0n) is 17.8. The quantitative estimate of drug-likeness (QED) is 0.232. The number of anilines is 1. The minimum atomic E-state index is -0.583. The van der Waals surface area contributed by atoms with E-state index in [4.69, 9.17) is 27.9 Å². The number of thiophene rings is 1. The van der Waals surface area contributed by atoms with Crippen molar-refractivity contribution in [3.63, 3.8) is 0 Å². The molecule has 35 heavy (non-hydrogen) atoms. The fourth-order valence-corrected chi connectivity index (χ4v) is 4.68. The number of aromatic nitrogens is 3. The van der Waals surface area contributed by atoms with Gasteiger partial charge in [-0.3, -0.25) is 9.59 Å². The number of nitrogens with zero attached hydrogens (tertiary/aromatic N) is 3. The summed E-state index contributed by atoms with van der Waals surface area (Å²) >= 11 is 17.3. The Morgan fingerprint density at radius 1 is 1.23 bits per heavy atom. The van der Waals surface area contributed by atoms with Gasteiger partial charge in [0.05, 0.1) is 16.3 Å². The largest absolute Gasteiger partial charge is 0.437 e. The molecule has 0 fully saturated rings. The summed E-state index contributed by atoms with van der Waals surface area (Å²) in [6.45, 7) is 3.83. The van der Waals surface area contributed by atoms with Gasteiger partial charge in [-0.05, 0) is 51.6 Å². The van der Waals surface area contributed by atoms with Crippen molar-refractivity contribution in [1.29, 1.82) is 0 Å². The molecule has 0 aliphatic carbocycles. The van der Waals surface area contributed by atoms with E-state index >= 15 is 0 Å². The third-order valence-corrected chi connectivity index (χ3v) is 6.32. The Morgan fingerprint density at radius 3 is 2.77 bits per heavy atom. The van der Waals surface area contributed by atoms with E-state index in [2.05, 4.69) is 43.2 Å². The molecule has 12 heteroatoms. The molecule has 178 valence electrons. The highest BCUT2D eigenvalue weighted by atomic mass is 79.9. The summed E-state index contributed by atoms with van der Waals surface area (Å²) in [5.74, 6) is -0.0558. The lowest BCUT2D eigenvalue weighted by atomic mass is 10.1. The topological polar surface area (TPSA) is 98.1 Å². The Balaban J connectivity index is 1.74. The van der Waals surface area contributed by atoms with Crippen molar-refractivity contribution in [3.8, 4) is 17.4 Å². The van der Waals surface area contributed by atoms with Crippen molar-refractivity contribution in [2.75, 3.05) is 11.9 Å². The number of amides is 2. The minimum absolute atomic E-state index is 0.0788. The smallest absolute Gasteiger partial charge is 0.274 e. The van der Waals surface area contributed by atoms with Crippen LogP contribution in [0.15, 0.2) is 70.5 Å². The van der Waals surface area contributed by atoms with Gasteiger partial charge in [-0.25, -0.2) is 9.67 Å². The predicted molar refractivity (Wildman–Crippen MR) is 140 cm³/mol. The van der Waals surface area contributed by atoms with E-state index in [-0.39, 0.29) is 40.2 Å². The highest BCUT2D eigenvalue weighted by molar-refractivity contribution is 9.10. The molecule has 8 nitrogen and oxygen atoms in total. The van der Waals surface area contributed by atoms with E-state index in [1.807, 2.05) is 5.38 Å². The van der Waals surface area contributed by atoms with Crippen LogP contribution in [0.5, 0.6) is 11.6 Å². The number of benzene rings is 1. The average Bonchev–Trinajstić information content (AvgIpc) is 3.49. The van der Waals surface area contributed by atoms with Crippen molar-refractivity contribution in [2.24, 2.45) is 0 Å². The summed E-state index contributed by atoms with van der Waals surface area (Å²) in [6, 6.07) is 9.55. The molecule has 4 rings (SSSR count). The van der Waals surface area contributed by atoms with Crippen LogP contribution < -0.4 is 15.4 Å². The predicted octanol–water partition coefficient (Wildman–Crippen LogP) is 6.36. The summed E-state index contributed by atoms with van der Waals surface area (Å²) < 4.78 is 7.47. The van der Waals surface area contributed by atoms with E-state index in [0.717, 1.165) is 0 Å². The first-order valence-electron chi connectivity index (χ1n) is 9.98. The molecule has 0 bridgehead atoms. The molecule has 0 saturated carbocycles. The molecule has 0 radical (unpaired) electrons.